The smallest absolute Gasteiger partial charge is 0.238 e. The fourth-order valence-electron chi connectivity index (χ4n) is 3.48. The Morgan fingerprint density at radius 2 is 1.96 bits per heavy atom. The number of nitrogens with zero attached hydrogens (tertiary/aromatic N) is 2. The molecule has 6 nitrogen and oxygen atoms in total. The fourth-order valence-corrected chi connectivity index (χ4v) is 4.94. The highest BCUT2D eigenvalue weighted by molar-refractivity contribution is 7.89. The summed E-state index contributed by atoms with van der Waals surface area (Å²) in [6, 6.07) is 7.86. The molecule has 1 aromatic carbocycles. The van der Waals surface area contributed by atoms with E-state index in [1.165, 1.54) is 4.31 Å². The second-order valence-electron chi connectivity index (χ2n) is 6.25. The van der Waals surface area contributed by atoms with E-state index in [-0.39, 0.29) is 24.2 Å². The van der Waals surface area contributed by atoms with Gasteiger partial charge in [-0.1, -0.05) is 12.1 Å². The van der Waals surface area contributed by atoms with E-state index in [1.54, 1.807) is 0 Å². The van der Waals surface area contributed by atoms with Gasteiger partial charge in [-0.15, -0.1) is 0 Å². The molecule has 0 spiro atoms. The molecule has 24 heavy (non-hydrogen) atoms. The van der Waals surface area contributed by atoms with Gasteiger partial charge in [-0.3, -0.25) is 4.79 Å². The van der Waals surface area contributed by atoms with Crippen LogP contribution in [0.2, 0.25) is 0 Å². The number of ether oxygens (including phenoxy) is 1. The van der Waals surface area contributed by atoms with Gasteiger partial charge in [-0.25, -0.2) is 8.42 Å². The zero-order chi connectivity index (χ0) is 17.2. The molecule has 2 aliphatic rings. The summed E-state index contributed by atoms with van der Waals surface area (Å²) in [7, 11) is -3.24. The van der Waals surface area contributed by atoms with Crippen molar-refractivity contribution in [3.8, 4) is 5.75 Å². The molecule has 7 heteroatoms. The molecule has 0 N–H and O–H groups in total. The van der Waals surface area contributed by atoms with Crippen LogP contribution in [0.25, 0.3) is 0 Å². The van der Waals surface area contributed by atoms with Crippen LogP contribution >= 0.6 is 0 Å². The van der Waals surface area contributed by atoms with E-state index in [0.29, 0.717) is 26.1 Å². The minimum Gasteiger partial charge on any atom is -0.494 e. The summed E-state index contributed by atoms with van der Waals surface area (Å²) < 4.78 is 30.6. The van der Waals surface area contributed by atoms with Gasteiger partial charge in [0, 0.05) is 13.1 Å². The van der Waals surface area contributed by atoms with Crippen LogP contribution in [-0.2, 0) is 14.8 Å². The van der Waals surface area contributed by atoms with Gasteiger partial charge in [0.05, 0.1) is 24.9 Å². The van der Waals surface area contributed by atoms with Crippen LogP contribution in [0.3, 0.4) is 0 Å². The molecular weight excluding hydrogens is 328 g/mol. The number of amides is 1. The van der Waals surface area contributed by atoms with E-state index < -0.39 is 10.0 Å². The summed E-state index contributed by atoms with van der Waals surface area (Å²) in [5, 5.41) is 0. The molecule has 1 aromatic rings. The van der Waals surface area contributed by atoms with Gasteiger partial charge in [0.25, 0.3) is 0 Å². The van der Waals surface area contributed by atoms with Crippen molar-refractivity contribution in [2.75, 3.05) is 32.0 Å². The largest absolute Gasteiger partial charge is 0.494 e. The van der Waals surface area contributed by atoms with E-state index in [0.717, 1.165) is 24.2 Å². The molecule has 0 saturated carbocycles. The summed E-state index contributed by atoms with van der Waals surface area (Å²) >= 11 is 0. The van der Waals surface area contributed by atoms with Crippen molar-refractivity contribution in [1.82, 2.24) is 9.21 Å². The SMILES string of the molecule is CCOc1ccc([C@@H]2CCCN2C(=O)CN2CCCS2(=O)=O)cc1. The molecule has 2 aliphatic heterocycles. The Bertz CT molecular complexity index is 687. The van der Waals surface area contributed by atoms with Crippen molar-refractivity contribution in [3.63, 3.8) is 0 Å². The number of benzene rings is 1. The number of carbonyl (C=O) groups is 1. The van der Waals surface area contributed by atoms with Crippen LogP contribution in [-0.4, -0.2) is 55.5 Å². The van der Waals surface area contributed by atoms with Gasteiger partial charge >= 0.3 is 0 Å². The van der Waals surface area contributed by atoms with Gasteiger partial charge < -0.3 is 9.64 Å². The first-order valence-corrected chi connectivity index (χ1v) is 10.1. The van der Waals surface area contributed by atoms with E-state index in [9.17, 15) is 13.2 Å². The van der Waals surface area contributed by atoms with Gasteiger partial charge in [0.15, 0.2) is 0 Å². The van der Waals surface area contributed by atoms with E-state index >= 15 is 0 Å². The summed E-state index contributed by atoms with van der Waals surface area (Å²) in [5.41, 5.74) is 1.08. The Morgan fingerprint density at radius 3 is 2.58 bits per heavy atom. The first kappa shape index (κ1) is 17.2. The van der Waals surface area contributed by atoms with Crippen LogP contribution < -0.4 is 4.74 Å². The quantitative estimate of drug-likeness (QED) is 0.810. The summed E-state index contributed by atoms with van der Waals surface area (Å²) in [4.78, 5) is 14.5. The zero-order valence-electron chi connectivity index (χ0n) is 14.0. The number of carbonyl (C=O) groups excluding carboxylic acids is 1. The lowest BCUT2D eigenvalue weighted by atomic mass is 10.0. The Morgan fingerprint density at radius 1 is 1.21 bits per heavy atom. The summed E-state index contributed by atoms with van der Waals surface area (Å²) in [5.74, 6) is 0.875. The van der Waals surface area contributed by atoms with Crippen LogP contribution in [0, 0.1) is 0 Å². The standard InChI is InChI=1S/C17H24N2O4S/c1-2-23-15-8-6-14(7-9-15)16-5-3-11-19(16)17(20)13-18-10-4-12-24(18,21)22/h6-9,16H,2-5,10-13H2,1H3/t16-/m0/s1. The minimum absolute atomic E-state index is 0.0264. The molecular formula is C17H24N2O4S. The minimum atomic E-state index is -3.24. The monoisotopic (exact) mass is 352 g/mol. The lowest BCUT2D eigenvalue weighted by molar-refractivity contribution is -0.132. The zero-order valence-corrected chi connectivity index (χ0v) is 14.8. The molecule has 2 saturated heterocycles. The highest BCUT2D eigenvalue weighted by Gasteiger charge is 2.35. The third-order valence-corrected chi connectivity index (χ3v) is 6.57. The molecule has 1 amide bonds. The summed E-state index contributed by atoms with van der Waals surface area (Å²) in [6.45, 7) is 3.67. The second kappa shape index (κ2) is 7.11. The Hall–Kier alpha value is -1.60. The van der Waals surface area contributed by atoms with Crippen molar-refractivity contribution >= 4 is 15.9 Å². The predicted molar refractivity (Wildman–Crippen MR) is 91.3 cm³/mol. The molecule has 0 aliphatic carbocycles. The predicted octanol–water partition coefficient (Wildman–Crippen LogP) is 1.78. The van der Waals surface area contributed by atoms with Gasteiger partial charge in [-0.2, -0.15) is 4.31 Å². The van der Waals surface area contributed by atoms with Crippen LogP contribution in [0.5, 0.6) is 5.75 Å². The lowest BCUT2D eigenvalue weighted by Gasteiger charge is -2.27. The molecule has 2 fully saturated rings. The fraction of sp³-hybridized carbons (Fsp3) is 0.588. The second-order valence-corrected chi connectivity index (χ2v) is 8.34. The highest BCUT2D eigenvalue weighted by atomic mass is 32.2. The van der Waals surface area contributed by atoms with Gasteiger partial charge in [0.2, 0.25) is 15.9 Å². The molecule has 1 atom stereocenters. The summed E-state index contributed by atoms with van der Waals surface area (Å²) in [6.07, 6.45) is 2.46. The maximum Gasteiger partial charge on any atom is 0.238 e. The van der Waals surface area contributed by atoms with Gasteiger partial charge in [-0.05, 0) is 43.9 Å². The van der Waals surface area contributed by atoms with E-state index in [4.69, 9.17) is 4.74 Å². The van der Waals surface area contributed by atoms with Crippen molar-refractivity contribution in [1.29, 1.82) is 0 Å². The molecule has 0 unspecified atom stereocenters. The van der Waals surface area contributed by atoms with Crippen molar-refractivity contribution in [2.24, 2.45) is 0 Å². The number of hydrogen-bond acceptors (Lipinski definition) is 4. The molecule has 0 radical (unpaired) electrons. The van der Waals surface area contributed by atoms with E-state index in [1.807, 2.05) is 36.1 Å². The number of likely N-dealkylation sites (tertiary alicyclic amines) is 1. The maximum atomic E-state index is 12.6. The topological polar surface area (TPSA) is 66.9 Å². The van der Waals surface area contributed by atoms with E-state index in [2.05, 4.69) is 0 Å². The molecule has 2 heterocycles. The third kappa shape index (κ3) is 3.57. The molecule has 132 valence electrons. The van der Waals surface area contributed by atoms with Crippen LogP contribution in [0.1, 0.15) is 37.8 Å². The third-order valence-electron chi connectivity index (χ3n) is 4.66. The molecule has 3 rings (SSSR count). The van der Waals surface area contributed by atoms with Crippen molar-refractivity contribution in [3.05, 3.63) is 29.8 Å². The Labute approximate surface area is 143 Å². The lowest BCUT2D eigenvalue weighted by Crippen LogP contribution is -2.40. The Balaban J connectivity index is 1.69. The van der Waals surface area contributed by atoms with Crippen molar-refractivity contribution in [2.45, 2.75) is 32.2 Å². The van der Waals surface area contributed by atoms with Crippen LogP contribution in [0.15, 0.2) is 24.3 Å². The maximum absolute atomic E-state index is 12.6. The normalized spacial score (nSPS) is 23.5. The highest BCUT2D eigenvalue weighted by Crippen LogP contribution is 2.33. The van der Waals surface area contributed by atoms with Gasteiger partial charge in [0.1, 0.15) is 5.75 Å². The average molecular weight is 352 g/mol. The first-order valence-electron chi connectivity index (χ1n) is 8.51. The Kier molecular flexibility index (Phi) is 5.10. The molecule has 0 aromatic heterocycles. The van der Waals surface area contributed by atoms with Crippen molar-refractivity contribution < 1.29 is 17.9 Å². The number of rotatable bonds is 5. The first-order chi connectivity index (χ1) is 11.5. The number of sulfonamides is 1. The van der Waals surface area contributed by atoms with Crippen LogP contribution in [0.4, 0.5) is 0 Å². The number of hydrogen-bond donors (Lipinski definition) is 0. The molecule has 0 bridgehead atoms. The average Bonchev–Trinajstić information content (AvgIpc) is 3.16.